The van der Waals surface area contributed by atoms with Crippen LogP contribution in [0.25, 0.3) is 0 Å². The molecule has 24 heavy (non-hydrogen) atoms. The Bertz CT molecular complexity index is 748. The first kappa shape index (κ1) is 15.6. The van der Waals surface area contributed by atoms with E-state index in [-0.39, 0.29) is 6.10 Å². The van der Waals surface area contributed by atoms with Gasteiger partial charge in [-0.1, -0.05) is 51.1 Å². The van der Waals surface area contributed by atoms with Gasteiger partial charge < -0.3 is 9.47 Å². The molecule has 0 N–H and O–H groups in total. The highest BCUT2D eigenvalue weighted by Crippen LogP contribution is 2.39. The van der Waals surface area contributed by atoms with Gasteiger partial charge in [0.05, 0.1) is 6.61 Å². The minimum atomic E-state index is 0.282. The molecule has 0 saturated carbocycles. The van der Waals surface area contributed by atoms with Gasteiger partial charge in [0.25, 0.3) is 0 Å². The first-order valence-corrected chi connectivity index (χ1v) is 9.16. The van der Waals surface area contributed by atoms with E-state index in [0.717, 1.165) is 37.4 Å². The first-order chi connectivity index (χ1) is 11.6. The fourth-order valence-corrected chi connectivity index (χ4v) is 3.97. The molecule has 0 aromatic heterocycles. The van der Waals surface area contributed by atoms with Crippen molar-refractivity contribution >= 4 is 0 Å². The number of ether oxygens (including phenoxy) is 2. The molecule has 126 valence electrons. The third-order valence-electron chi connectivity index (χ3n) is 5.39. The summed E-state index contributed by atoms with van der Waals surface area (Å²) in [6.45, 7) is 7.59. The van der Waals surface area contributed by atoms with Crippen LogP contribution in [0.2, 0.25) is 0 Å². The SMILES string of the molecule is CC(C)c1cccc2c1OC(CC(C)c1ccc3c(c1)OCC3)C2. The molecule has 2 atom stereocenters. The molecule has 0 aliphatic carbocycles. The van der Waals surface area contributed by atoms with E-state index in [1.165, 1.54) is 22.3 Å². The Morgan fingerprint density at radius 1 is 1.08 bits per heavy atom. The zero-order valence-electron chi connectivity index (χ0n) is 14.8. The minimum Gasteiger partial charge on any atom is -0.493 e. The summed E-state index contributed by atoms with van der Waals surface area (Å²) in [6, 6.07) is 13.3. The summed E-state index contributed by atoms with van der Waals surface area (Å²) in [7, 11) is 0. The van der Waals surface area contributed by atoms with Gasteiger partial charge in [-0.2, -0.15) is 0 Å². The molecule has 4 rings (SSSR count). The zero-order valence-corrected chi connectivity index (χ0v) is 14.8. The average Bonchev–Trinajstić information content (AvgIpc) is 3.19. The summed E-state index contributed by atoms with van der Waals surface area (Å²) in [4.78, 5) is 0. The Balaban J connectivity index is 1.48. The summed E-state index contributed by atoms with van der Waals surface area (Å²) in [5.74, 6) is 3.20. The van der Waals surface area contributed by atoms with Crippen molar-refractivity contribution in [2.24, 2.45) is 0 Å². The fraction of sp³-hybridized carbons (Fsp3) is 0.455. The molecule has 2 aromatic rings. The summed E-state index contributed by atoms with van der Waals surface area (Å²) in [5.41, 5.74) is 5.42. The number of fused-ring (bicyclic) bond motifs is 2. The lowest BCUT2D eigenvalue weighted by molar-refractivity contribution is 0.210. The summed E-state index contributed by atoms with van der Waals surface area (Å²) in [5, 5.41) is 0. The molecule has 0 radical (unpaired) electrons. The van der Waals surface area contributed by atoms with Gasteiger partial charge in [0.2, 0.25) is 0 Å². The summed E-state index contributed by atoms with van der Waals surface area (Å²) < 4.78 is 12.1. The van der Waals surface area contributed by atoms with Crippen molar-refractivity contribution in [1.82, 2.24) is 0 Å². The molecule has 2 aromatic carbocycles. The van der Waals surface area contributed by atoms with Gasteiger partial charge in [-0.25, -0.2) is 0 Å². The highest BCUT2D eigenvalue weighted by molar-refractivity contribution is 5.46. The highest BCUT2D eigenvalue weighted by Gasteiger charge is 2.28. The maximum atomic E-state index is 6.35. The van der Waals surface area contributed by atoms with Crippen LogP contribution < -0.4 is 9.47 Å². The highest BCUT2D eigenvalue weighted by atomic mass is 16.5. The van der Waals surface area contributed by atoms with Gasteiger partial charge in [-0.3, -0.25) is 0 Å². The molecule has 0 amide bonds. The van der Waals surface area contributed by atoms with Crippen LogP contribution in [0.4, 0.5) is 0 Å². The Labute approximate surface area is 144 Å². The van der Waals surface area contributed by atoms with Crippen molar-refractivity contribution in [2.75, 3.05) is 6.61 Å². The molecular formula is C22H26O2. The van der Waals surface area contributed by atoms with Crippen molar-refractivity contribution in [3.8, 4) is 11.5 Å². The van der Waals surface area contributed by atoms with Crippen LogP contribution in [0.3, 0.4) is 0 Å². The average molecular weight is 322 g/mol. The number of benzene rings is 2. The summed E-state index contributed by atoms with van der Waals surface area (Å²) in [6.07, 6.45) is 3.40. The largest absolute Gasteiger partial charge is 0.493 e. The monoisotopic (exact) mass is 322 g/mol. The topological polar surface area (TPSA) is 18.5 Å². The quantitative estimate of drug-likeness (QED) is 0.766. The smallest absolute Gasteiger partial charge is 0.126 e. The predicted molar refractivity (Wildman–Crippen MR) is 97.3 cm³/mol. The minimum absolute atomic E-state index is 0.282. The van der Waals surface area contributed by atoms with Crippen molar-refractivity contribution < 1.29 is 9.47 Å². The Morgan fingerprint density at radius 3 is 2.79 bits per heavy atom. The van der Waals surface area contributed by atoms with Gasteiger partial charge in [-0.15, -0.1) is 0 Å². The van der Waals surface area contributed by atoms with Crippen molar-refractivity contribution in [3.05, 3.63) is 58.7 Å². The first-order valence-electron chi connectivity index (χ1n) is 9.16. The van der Waals surface area contributed by atoms with Gasteiger partial charge in [-0.05, 0) is 46.6 Å². The molecular weight excluding hydrogens is 296 g/mol. The molecule has 0 bridgehead atoms. The fourth-order valence-electron chi connectivity index (χ4n) is 3.97. The van der Waals surface area contributed by atoms with Gasteiger partial charge in [0, 0.05) is 12.8 Å². The lowest BCUT2D eigenvalue weighted by Gasteiger charge is -2.19. The molecule has 0 saturated heterocycles. The van der Waals surface area contributed by atoms with Crippen LogP contribution >= 0.6 is 0 Å². The van der Waals surface area contributed by atoms with Gasteiger partial charge >= 0.3 is 0 Å². The lowest BCUT2D eigenvalue weighted by Crippen LogP contribution is -2.16. The van der Waals surface area contributed by atoms with Gasteiger partial charge in [0.15, 0.2) is 0 Å². The zero-order chi connectivity index (χ0) is 16.7. The van der Waals surface area contributed by atoms with E-state index in [1.54, 1.807) is 0 Å². The Hall–Kier alpha value is -1.96. The van der Waals surface area contributed by atoms with Gasteiger partial charge in [0.1, 0.15) is 17.6 Å². The second kappa shape index (κ2) is 6.16. The van der Waals surface area contributed by atoms with E-state index in [4.69, 9.17) is 9.47 Å². The molecule has 2 aliphatic heterocycles. The van der Waals surface area contributed by atoms with Crippen molar-refractivity contribution in [2.45, 2.75) is 58.0 Å². The predicted octanol–water partition coefficient (Wildman–Crippen LogP) is 5.24. The van der Waals surface area contributed by atoms with Crippen molar-refractivity contribution in [1.29, 1.82) is 0 Å². The number of hydrogen-bond acceptors (Lipinski definition) is 2. The van der Waals surface area contributed by atoms with Crippen LogP contribution in [0.15, 0.2) is 36.4 Å². The van der Waals surface area contributed by atoms with Crippen LogP contribution in [-0.4, -0.2) is 12.7 Å². The van der Waals surface area contributed by atoms with E-state index >= 15 is 0 Å². The molecule has 2 unspecified atom stereocenters. The van der Waals surface area contributed by atoms with E-state index in [0.29, 0.717) is 11.8 Å². The third-order valence-corrected chi connectivity index (χ3v) is 5.39. The normalized spacial score (nSPS) is 19.6. The second-order valence-corrected chi connectivity index (χ2v) is 7.54. The van der Waals surface area contributed by atoms with Crippen LogP contribution in [0.5, 0.6) is 11.5 Å². The van der Waals surface area contributed by atoms with E-state index in [2.05, 4.69) is 57.2 Å². The molecule has 2 aliphatic rings. The Morgan fingerprint density at radius 2 is 1.96 bits per heavy atom. The molecule has 2 heterocycles. The maximum absolute atomic E-state index is 6.35. The van der Waals surface area contributed by atoms with E-state index in [1.807, 2.05) is 0 Å². The number of hydrogen-bond donors (Lipinski definition) is 0. The van der Waals surface area contributed by atoms with Crippen LogP contribution in [0.1, 0.15) is 61.3 Å². The molecule has 0 fully saturated rings. The van der Waals surface area contributed by atoms with E-state index < -0.39 is 0 Å². The number of para-hydroxylation sites is 1. The van der Waals surface area contributed by atoms with Crippen LogP contribution in [-0.2, 0) is 12.8 Å². The number of rotatable bonds is 4. The lowest BCUT2D eigenvalue weighted by atomic mass is 9.92. The standard InChI is InChI=1S/C22H26O2/c1-14(2)20-6-4-5-18-12-19(24-22(18)20)11-15(3)17-8-7-16-9-10-23-21(16)13-17/h4-8,13-15,19H,9-12H2,1-3H3. The maximum Gasteiger partial charge on any atom is 0.126 e. The molecule has 2 nitrogen and oxygen atoms in total. The molecule has 0 spiro atoms. The van der Waals surface area contributed by atoms with E-state index in [9.17, 15) is 0 Å². The van der Waals surface area contributed by atoms with Crippen LogP contribution in [0, 0.1) is 0 Å². The summed E-state index contributed by atoms with van der Waals surface area (Å²) >= 11 is 0. The molecule has 2 heteroatoms. The third kappa shape index (κ3) is 2.79. The van der Waals surface area contributed by atoms with Crippen molar-refractivity contribution in [3.63, 3.8) is 0 Å². The Kier molecular flexibility index (Phi) is 3.99. The second-order valence-electron chi connectivity index (χ2n) is 7.54.